The first-order chi connectivity index (χ1) is 9.04. The number of hydrogen-bond donors (Lipinski definition) is 2. The lowest BCUT2D eigenvalue weighted by molar-refractivity contribution is -0.0174. The molecule has 0 radical (unpaired) electrons. The molecule has 20 heavy (non-hydrogen) atoms. The molecule has 0 bridgehead atoms. The normalized spacial score (nSPS) is 22.3. The summed E-state index contributed by atoms with van der Waals surface area (Å²) in [6.07, 6.45) is 0. The molecule has 1 aliphatic heterocycles. The van der Waals surface area contributed by atoms with Gasteiger partial charge in [-0.1, -0.05) is 13.8 Å². The van der Waals surface area contributed by atoms with Crippen LogP contribution in [0.2, 0.25) is 0 Å². The van der Waals surface area contributed by atoms with Crippen molar-refractivity contribution in [1.29, 1.82) is 0 Å². The summed E-state index contributed by atoms with van der Waals surface area (Å²) in [4.78, 5) is 6.74. The molecule has 120 valence electrons. The summed E-state index contributed by atoms with van der Waals surface area (Å²) in [5, 5.41) is 6.73. The van der Waals surface area contributed by atoms with E-state index in [-0.39, 0.29) is 24.0 Å². The van der Waals surface area contributed by atoms with Crippen molar-refractivity contribution in [1.82, 2.24) is 15.5 Å². The third-order valence-corrected chi connectivity index (χ3v) is 3.45. The van der Waals surface area contributed by atoms with E-state index in [9.17, 15) is 0 Å². The van der Waals surface area contributed by atoms with Crippen LogP contribution in [0.5, 0.6) is 0 Å². The third kappa shape index (κ3) is 7.08. The van der Waals surface area contributed by atoms with Crippen molar-refractivity contribution in [3.05, 3.63) is 0 Å². The van der Waals surface area contributed by atoms with Gasteiger partial charge in [-0.05, 0) is 19.8 Å². The Bertz CT molecular complexity index is 286. The highest BCUT2D eigenvalue weighted by Gasteiger charge is 2.23. The Morgan fingerprint density at radius 2 is 1.95 bits per heavy atom. The molecule has 2 unspecified atom stereocenters. The second-order valence-corrected chi connectivity index (χ2v) is 5.74. The average molecular weight is 398 g/mol. The van der Waals surface area contributed by atoms with Crippen molar-refractivity contribution in [2.75, 3.05) is 39.9 Å². The minimum Gasteiger partial charge on any atom is -0.379 e. The molecule has 0 aromatic heterocycles. The summed E-state index contributed by atoms with van der Waals surface area (Å²) in [5.41, 5.74) is 0. The number of rotatable bonds is 5. The fraction of sp³-hybridized carbons (Fsp3) is 0.929. The lowest BCUT2D eigenvalue weighted by Crippen LogP contribution is -2.53. The van der Waals surface area contributed by atoms with Gasteiger partial charge in [0.2, 0.25) is 0 Å². The van der Waals surface area contributed by atoms with Crippen LogP contribution in [-0.4, -0.2) is 62.8 Å². The molecule has 1 rings (SSSR count). The first-order valence-corrected chi connectivity index (χ1v) is 7.32. The Kier molecular flexibility index (Phi) is 10.6. The van der Waals surface area contributed by atoms with Crippen LogP contribution in [0.4, 0.5) is 0 Å². The van der Waals surface area contributed by atoms with E-state index in [2.05, 4.69) is 48.2 Å². The van der Waals surface area contributed by atoms with Gasteiger partial charge in [0, 0.05) is 38.8 Å². The van der Waals surface area contributed by atoms with E-state index in [0.29, 0.717) is 18.0 Å². The number of aliphatic imine (C=N–C) groups is 1. The first-order valence-electron chi connectivity index (χ1n) is 7.32. The van der Waals surface area contributed by atoms with Gasteiger partial charge in [-0.3, -0.25) is 9.89 Å². The number of nitrogens with one attached hydrogen (secondary N) is 2. The zero-order chi connectivity index (χ0) is 14.3. The van der Waals surface area contributed by atoms with Crippen molar-refractivity contribution >= 4 is 29.9 Å². The molecular weight excluding hydrogens is 367 g/mol. The van der Waals surface area contributed by atoms with Crippen molar-refractivity contribution in [2.24, 2.45) is 10.9 Å². The average Bonchev–Trinajstić information content (AvgIpc) is 2.39. The van der Waals surface area contributed by atoms with Crippen LogP contribution in [0.3, 0.4) is 0 Å². The molecule has 0 aromatic carbocycles. The summed E-state index contributed by atoms with van der Waals surface area (Å²) in [6.45, 7) is 13.4. The summed E-state index contributed by atoms with van der Waals surface area (Å²) >= 11 is 0. The Balaban J connectivity index is 0.00000361. The second kappa shape index (κ2) is 10.6. The topological polar surface area (TPSA) is 48.9 Å². The van der Waals surface area contributed by atoms with Gasteiger partial charge in [-0.2, -0.15) is 0 Å². The fourth-order valence-corrected chi connectivity index (χ4v) is 2.28. The minimum atomic E-state index is 0. The Labute approximate surface area is 140 Å². The molecule has 0 saturated carbocycles. The molecule has 1 saturated heterocycles. The lowest BCUT2D eigenvalue weighted by atomic mass is 10.2. The van der Waals surface area contributed by atoms with E-state index >= 15 is 0 Å². The molecule has 6 heteroatoms. The molecule has 1 fully saturated rings. The number of morpholine rings is 1. The molecule has 1 aliphatic rings. The fourth-order valence-electron chi connectivity index (χ4n) is 2.28. The SMILES string of the molecule is CN=C(NCC(C)C)NCC(C)N1CCOCC1C.I. The molecule has 2 N–H and O–H groups in total. The monoisotopic (exact) mass is 398 g/mol. The molecule has 0 amide bonds. The van der Waals surface area contributed by atoms with Crippen LogP contribution in [0.25, 0.3) is 0 Å². The Morgan fingerprint density at radius 3 is 2.50 bits per heavy atom. The maximum atomic E-state index is 5.48. The highest BCUT2D eigenvalue weighted by molar-refractivity contribution is 14.0. The number of halogens is 1. The maximum absolute atomic E-state index is 5.48. The summed E-state index contributed by atoms with van der Waals surface area (Å²) in [7, 11) is 1.82. The molecule has 0 spiro atoms. The van der Waals surface area contributed by atoms with Crippen molar-refractivity contribution in [3.8, 4) is 0 Å². The quantitative estimate of drug-likeness (QED) is 0.419. The number of guanidine groups is 1. The Hall–Kier alpha value is -0.0800. The standard InChI is InChI=1S/C14H30N4O.HI/c1-11(2)8-16-14(15-5)17-9-12(3)18-6-7-19-10-13(18)4;/h11-13H,6-10H2,1-5H3,(H2,15,16,17);1H. The molecule has 2 atom stereocenters. The van der Waals surface area contributed by atoms with Crippen LogP contribution in [0, 0.1) is 5.92 Å². The van der Waals surface area contributed by atoms with Crippen LogP contribution in [0.15, 0.2) is 4.99 Å². The zero-order valence-corrected chi connectivity index (χ0v) is 15.8. The zero-order valence-electron chi connectivity index (χ0n) is 13.5. The largest absolute Gasteiger partial charge is 0.379 e. The predicted octanol–water partition coefficient (Wildman–Crippen LogP) is 1.53. The van der Waals surface area contributed by atoms with Crippen molar-refractivity contribution < 1.29 is 4.74 Å². The molecule has 0 aliphatic carbocycles. The van der Waals surface area contributed by atoms with Gasteiger partial charge in [0.15, 0.2) is 5.96 Å². The van der Waals surface area contributed by atoms with Crippen LogP contribution in [-0.2, 0) is 4.74 Å². The van der Waals surface area contributed by atoms with Crippen molar-refractivity contribution in [2.45, 2.75) is 39.8 Å². The van der Waals surface area contributed by atoms with E-state index in [4.69, 9.17) is 4.74 Å². The first kappa shape index (κ1) is 19.9. The molecule has 5 nitrogen and oxygen atoms in total. The van der Waals surface area contributed by atoms with Crippen molar-refractivity contribution in [3.63, 3.8) is 0 Å². The van der Waals surface area contributed by atoms with E-state index in [1.807, 2.05) is 7.05 Å². The molecular formula is C14H31IN4O. The second-order valence-electron chi connectivity index (χ2n) is 5.74. The van der Waals surface area contributed by atoms with Gasteiger partial charge >= 0.3 is 0 Å². The van der Waals surface area contributed by atoms with Crippen LogP contribution < -0.4 is 10.6 Å². The van der Waals surface area contributed by atoms with E-state index < -0.39 is 0 Å². The van der Waals surface area contributed by atoms with Gasteiger partial charge in [-0.15, -0.1) is 24.0 Å². The van der Waals surface area contributed by atoms with Gasteiger partial charge in [0.25, 0.3) is 0 Å². The Morgan fingerprint density at radius 1 is 1.30 bits per heavy atom. The summed E-state index contributed by atoms with van der Waals surface area (Å²) in [5.74, 6) is 1.51. The highest BCUT2D eigenvalue weighted by Crippen LogP contribution is 2.09. The van der Waals surface area contributed by atoms with E-state index in [1.54, 1.807) is 0 Å². The highest BCUT2D eigenvalue weighted by atomic mass is 127. The lowest BCUT2D eigenvalue weighted by Gasteiger charge is -2.38. The molecule has 1 heterocycles. The molecule has 0 aromatic rings. The number of ether oxygens (including phenoxy) is 1. The van der Waals surface area contributed by atoms with Gasteiger partial charge < -0.3 is 15.4 Å². The number of nitrogens with zero attached hydrogens (tertiary/aromatic N) is 2. The summed E-state index contributed by atoms with van der Waals surface area (Å²) in [6, 6.07) is 0.979. The van der Waals surface area contributed by atoms with E-state index in [1.165, 1.54) is 0 Å². The predicted molar refractivity (Wildman–Crippen MR) is 96.1 cm³/mol. The maximum Gasteiger partial charge on any atom is 0.191 e. The number of hydrogen-bond acceptors (Lipinski definition) is 3. The smallest absolute Gasteiger partial charge is 0.191 e. The third-order valence-electron chi connectivity index (χ3n) is 3.45. The van der Waals surface area contributed by atoms with Gasteiger partial charge in [0.1, 0.15) is 0 Å². The van der Waals surface area contributed by atoms with E-state index in [0.717, 1.165) is 38.8 Å². The van der Waals surface area contributed by atoms with Gasteiger partial charge in [0.05, 0.1) is 13.2 Å². The van der Waals surface area contributed by atoms with Crippen LogP contribution in [0.1, 0.15) is 27.7 Å². The van der Waals surface area contributed by atoms with Crippen LogP contribution >= 0.6 is 24.0 Å². The summed E-state index contributed by atoms with van der Waals surface area (Å²) < 4.78 is 5.48. The minimum absolute atomic E-state index is 0. The van der Waals surface area contributed by atoms with Gasteiger partial charge in [-0.25, -0.2) is 0 Å².